The van der Waals surface area contributed by atoms with Gasteiger partial charge in [-0.25, -0.2) is 0 Å². The quantitative estimate of drug-likeness (QED) is 0.495. The summed E-state index contributed by atoms with van der Waals surface area (Å²) >= 11 is 0. The van der Waals surface area contributed by atoms with Crippen LogP contribution < -0.4 is 0 Å². The fraction of sp³-hybridized carbons (Fsp3) is 0. The van der Waals surface area contributed by atoms with E-state index < -0.39 is 0 Å². The van der Waals surface area contributed by atoms with Gasteiger partial charge in [-0.15, -0.1) is 10.2 Å². The predicted molar refractivity (Wildman–Crippen MR) is 66.7 cm³/mol. The van der Waals surface area contributed by atoms with Crippen LogP contribution in [-0.2, 0) is 0 Å². The number of nitrogens with one attached hydrogen (secondary N) is 1. The topological polar surface area (TPSA) is 54.5 Å². The van der Waals surface area contributed by atoms with Gasteiger partial charge in [0.1, 0.15) is 5.52 Å². The summed E-state index contributed by atoms with van der Waals surface area (Å²) in [5, 5.41) is 15.0. The zero-order valence-corrected chi connectivity index (χ0v) is 8.88. The van der Waals surface area contributed by atoms with E-state index in [4.69, 9.17) is 0 Å². The number of hydrogen-bond acceptors (Lipinski definition) is 3. The summed E-state index contributed by atoms with van der Waals surface area (Å²) in [6.45, 7) is 0. The number of hydrogen-bond donors (Lipinski definition) is 1. The van der Waals surface area contributed by atoms with Gasteiger partial charge in [-0.2, -0.15) is 0 Å². The third-order valence-electron chi connectivity index (χ3n) is 3.07. The van der Waals surface area contributed by atoms with Crippen LogP contribution in [0.3, 0.4) is 0 Å². The third-order valence-corrected chi connectivity index (χ3v) is 3.07. The summed E-state index contributed by atoms with van der Waals surface area (Å²) in [5.41, 5.74) is 3.10. The van der Waals surface area contributed by atoms with Gasteiger partial charge in [0.25, 0.3) is 0 Å². The van der Waals surface area contributed by atoms with Crippen LogP contribution in [0.1, 0.15) is 0 Å². The molecule has 0 aliphatic rings. The molecule has 0 aliphatic heterocycles. The molecule has 4 aromatic rings. The third kappa shape index (κ3) is 1.09. The second-order valence-electron chi connectivity index (χ2n) is 4.03. The average Bonchev–Trinajstić information content (AvgIpc) is 2.77. The summed E-state index contributed by atoms with van der Waals surface area (Å²) in [7, 11) is 0. The van der Waals surface area contributed by atoms with Gasteiger partial charge in [0.05, 0.1) is 6.20 Å². The molecule has 0 amide bonds. The van der Waals surface area contributed by atoms with E-state index in [9.17, 15) is 0 Å². The maximum atomic E-state index is 4.15. The summed E-state index contributed by atoms with van der Waals surface area (Å²) in [5.74, 6) is 0. The smallest absolute Gasteiger partial charge is 0.106 e. The maximum Gasteiger partial charge on any atom is 0.106 e. The van der Waals surface area contributed by atoms with Crippen molar-refractivity contribution in [1.82, 2.24) is 20.4 Å². The predicted octanol–water partition coefficient (Wildman–Crippen LogP) is 2.66. The van der Waals surface area contributed by atoms with E-state index in [2.05, 4.69) is 38.6 Å². The molecule has 2 aromatic heterocycles. The monoisotopic (exact) mass is 220 g/mol. The molecule has 80 valence electrons. The molecule has 4 nitrogen and oxygen atoms in total. The first-order chi connectivity index (χ1) is 8.43. The van der Waals surface area contributed by atoms with Crippen LogP contribution in [0, 0.1) is 0 Å². The van der Waals surface area contributed by atoms with Crippen LogP contribution in [0.25, 0.3) is 32.7 Å². The highest BCUT2D eigenvalue weighted by atomic mass is 15.3. The van der Waals surface area contributed by atoms with Crippen LogP contribution in [0.4, 0.5) is 0 Å². The molecule has 0 spiro atoms. The van der Waals surface area contributed by atoms with Crippen LogP contribution in [0.15, 0.2) is 42.6 Å². The lowest BCUT2D eigenvalue weighted by molar-refractivity contribution is 0.897. The first-order valence-corrected chi connectivity index (χ1v) is 5.41. The van der Waals surface area contributed by atoms with Gasteiger partial charge in [-0.1, -0.05) is 18.2 Å². The van der Waals surface area contributed by atoms with Crippen molar-refractivity contribution >= 4 is 32.7 Å². The largest absolute Gasteiger partial charge is 0.354 e. The molecule has 0 saturated heterocycles. The second kappa shape index (κ2) is 3.01. The minimum Gasteiger partial charge on any atom is -0.354 e. The summed E-state index contributed by atoms with van der Waals surface area (Å²) in [4.78, 5) is 3.38. The molecular weight excluding hydrogens is 212 g/mol. The van der Waals surface area contributed by atoms with Crippen molar-refractivity contribution in [3.05, 3.63) is 42.6 Å². The highest BCUT2D eigenvalue weighted by Crippen LogP contribution is 2.29. The van der Waals surface area contributed by atoms with Gasteiger partial charge in [0, 0.05) is 27.2 Å². The number of nitrogens with zero attached hydrogens (tertiary/aromatic N) is 3. The molecular formula is C13H8N4. The van der Waals surface area contributed by atoms with E-state index in [-0.39, 0.29) is 0 Å². The minimum atomic E-state index is 0.898. The molecule has 2 heterocycles. The Hall–Kier alpha value is -2.49. The Balaban J connectivity index is 2.38. The molecule has 0 saturated carbocycles. The Morgan fingerprint density at radius 1 is 0.941 bits per heavy atom. The van der Waals surface area contributed by atoms with E-state index in [0.29, 0.717) is 0 Å². The molecule has 0 bridgehead atoms. The number of aromatic amines is 1. The summed E-state index contributed by atoms with van der Waals surface area (Å²) in [6.07, 6.45) is 1.74. The fourth-order valence-corrected chi connectivity index (χ4v) is 2.31. The number of para-hydroxylation sites is 1. The molecule has 2 aromatic carbocycles. The Morgan fingerprint density at radius 3 is 2.88 bits per heavy atom. The molecule has 4 heteroatoms. The average molecular weight is 220 g/mol. The van der Waals surface area contributed by atoms with Gasteiger partial charge in [-0.05, 0) is 23.4 Å². The Kier molecular flexibility index (Phi) is 1.53. The highest BCUT2D eigenvalue weighted by Gasteiger charge is 2.08. The SMILES string of the molecule is c1ccc2c(c1)[nH]c1ccc3cnnnc3c12. The Morgan fingerprint density at radius 2 is 1.88 bits per heavy atom. The van der Waals surface area contributed by atoms with E-state index in [1.807, 2.05) is 18.2 Å². The van der Waals surface area contributed by atoms with Crippen molar-refractivity contribution in [3.8, 4) is 0 Å². The van der Waals surface area contributed by atoms with Crippen molar-refractivity contribution in [2.75, 3.05) is 0 Å². The van der Waals surface area contributed by atoms with Crippen molar-refractivity contribution in [1.29, 1.82) is 0 Å². The van der Waals surface area contributed by atoms with Gasteiger partial charge in [0.2, 0.25) is 0 Å². The van der Waals surface area contributed by atoms with Gasteiger partial charge in [0.15, 0.2) is 0 Å². The zero-order valence-electron chi connectivity index (χ0n) is 8.88. The van der Waals surface area contributed by atoms with Crippen LogP contribution in [0.5, 0.6) is 0 Å². The number of fused-ring (bicyclic) bond motifs is 5. The molecule has 17 heavy (non-hydrogen) atoms. The molecule has 0 unspecified atom stereocenters. The van der Waals surface area contributed by atoms with E-state index in [0.717, 1.165) is 27.3 Å². The standard InChI is InChI=1S/C13H8N4/c1-2-4-10-9(3-1)12-11(15-10)6-5-8-7-14-17-16-13(8)12/h1-7,15H. The minimum absolute atomic E-state index is 0.898. The van der Waals surface area contributed by atoms with E-state index in [1.165, 1.54) is 5.39 Å². The molecule has 0 fully saturated rings. The zero-order chi connectivity index (χ0) is 11.2. The van der Waals surface area contributed by atoms with Gasteiger partial charge >= 0.3 is 0 Å². The van der Waals surface area contributed by atoms with Crippen molar-refractivity contribution in [2.24, 2.45) is 0 Å². The van der Waals surface area contributed by atoms with Crippen molar-refractivity contribution in [3.63, 3.8) is 0 Å². The number of H-pyrrole nitrogens is 1. The number of benzene rings is 2. The fourth-order valence-electron chi connectivity index (χ4n) is 2.31. The molecule has 4 rings (SSSR count). The van der Waals surface area contributed by atoms with E-state index in [1.54, 1.807) is 6.20 Å². The number of rotatable bonds is 0. The van der Waals surface area contributed by atoms with Crippen LogP contribution >= 0.6 is 0 Å². The summed E-state index contributed by atoms with van der Waals surface area (Å²) in [6, 6.07) is 12.3. The molecule has 0 radical (unpaired) electrons. The van der Waals surface area contributed by atoms with E-state index >= 15 is 0 Å². The highest BCUT2D eigenvalue weighted by molar-refractivity contribution is 6.18. The van der Waals surface area contributed by atoms with Crippen LogP contribution in [0.2, 0.25) is 0 Å². The van der Waals surface area contributed by atoms with Gasteiger partial charge in [-0.3, -0.25) is 0 Å². The molecule has 1 N–H and O–H groups in total. The van der Waals surface area contributed by atoms with Gasteiger partial charge < -0.3 is 4.98 Å². The van der Waals surface area contributed by atoms with Crippen molar-refractivity contribution < 1.29 is 0 Å². The first kappa shape index (κ1) is 8.64. The number of aromatic nitrogens is 4. The second-order valence-corrected chi connectivity index (χ2v) is 4.03. The van der Waals surface area contributed by atoms with Crippen LogP contribution in [-0.4, -0.2) is 20.4 Å². The normalized spacial score (nSPS) is 11.5. The lowest BCUT2D eigenvalue weighted by atomic mass is 10.1. The Bertz CT molecular complexity index is 842. The maximum absolute atomic E-state index is 4.15. The lowest BCUT2D eigenvalue weighted by Gasteiger charge is -1.96. The first-order valence-electron chi connectivity index (χ1n) is 5.41. The summed E-state index contributed by atoms with van der Waals surface area (Å²) < 4.78 is 0. The lowest BCUT2D eigenvalue weighted by Crippen LogP contribution is -1.87. The van der Waals surface area contributed by atoms with Crippen molar-refractivity contribution in [2.45, 2.75) is 0 Å². The molecule has 0 atom stereocenters. The molecule has 0 aliphatic carbocycles. The Labute approximate surface area is 96.3 Å².